The maximum Gasteiger partial charge on any atom is 0.490 e. The molecule has 0 fully saturated rings. The highest BCUT2D eigenvalue weighted by Gasteiger charge is 2.38. The number of nitrogens with one attached hydrogen (secondary N) is 1. The van der Waals surface area contributed by atoms with Crippen LogP contribution in [0, 0.1) is 0 Å². The van der Waals surface area contributed by atoms with E-state index in [-0.39, 0.29) is 18.0 Å². The van der Waals surface area contributed by atoms with Gasteiger partial charge in [-0.05, 0) is 60.2 Å². The topological polar surface area (TPSA) is 172 Å². The van der Waals surface area contributed by atoms with E-state index < -0.39 is 30.0 Å². The Morgan fingerprint density at radius 2 is 1.55 bits per heavy atom. The maximum absolute atomic E-state index is 11.5. The molecule has 4 aromatic rings. The summed E-state index contributed by atoms with van der Waals surface area (Å²) in [6.07, 6.45) is -3.81. The van der Waals surface area contributed by atoms with Crippen molar-refractivity contribution in [1.29, 1.82) is 0 Å². The number of rotatable bonds is 9. The molecule has 0 radical (unpaired) electrons. The summed E-state index contributed by atoms with van der Waals surface area (Å²) in [5.41, 5.74) is 2.92. The molecule has 1 unspecified atom stereocenters. The molecule has 1 atom stereocenters. The number of hydrogen-bond acceptors (Lipinski definition) is 8. The number of aliphatic carboxylic acids is 2. The molecule has 0 aliphatic carbocycles. The van der Waals surface area contributed by atoms with Crippen molar-refractivity contribution in [2.45, 2.75) is 18.5 Å². The van der Waals surface area contributed by atoms with E-state index in [0.717, 1.165) is 17.1 Å². The van der Waals surface area contributed by atoms with Crippen LogP contribution in [-0.4, -0.2) is 61.4 Å². The summed E-state index contributed by atoms with van der Waals surface area (Å²) in [6, 6.07) is 20.8. The molecule has 4 rings (SSSR count). The lowest BCUT2D eigenvalue weighted by Gasteiger charge is -2.16. The van der Waals surface area contributed by atoms with Crippen molar-refractivity contribution < 1.29 is 47.6 Å². The van der Waals surface area contributed by atoms with Crippen LogP contribution < -0.4 is 10.1 Å². The average molecular weight is 585 g/mol. The lowest BCUT2D eigenvalue weighted by molar-refractivity contribution is -0.192. The number of ether oxygens (including phenoxy) is 1. The molecule has 0 spiro atoms. The van der Waals surface area contributed by atoms with Gasteiger partial charge in [0.15, 0.2) is 0 Å². The van der Waals surface area contributed by atoms with Crippen molar-refractivity contribution in [3.63, 3.8) is 0 Å². The first-order valence-corrected chi connectivity index (χ1v) is 12.0. The predicted octanol–water partition coefficient (Wildman–Crippen LogP) is 5.31. The summed E-state index contributed by atoms with van der Waals surface area (Å²) in [5.74, 6) is -4.15. The van der Waals surface area contributed by atoms with Gasteiger partial charge in [0.1, 0.15) is 11.6 Å². The molecule has 2 aromatic carbocycles. The third-order valence-electron chi connectivity index (χ3n) is 5.56. The van der Waals surface area contributed by atoms with Gasteiger partial charge in [-0.1, -0.05) is 18.2 Å². The minimum atomic E-state index is -5.08. The largest absolute Gasteiger partial charge is 0.490 e. The van der Waals surface area contributed by atoms with E-state index in [1.165, 1.54) is 18.3 Å². The Kier molecular flexibility index (Phi) is 10.1. The number of anilines is 1. The van der Waals surface area contributed by atoms with Crippen molar-refractivity contribution in [2.24, 2.45) is 0 Å². The molecular formula is C28H23F3N4O7. The molecule has 0 aliphatic rings. The van der Waals surface area contributed by atoms with E-state index in [4.69, 9.17) is 19.7 Å². The number of halogens is 3. The SMILES string of the molecule is CNc1cccc(-c2ccc(Oc3nccc(C(CC(=O)O)c4ccc(C(=O)O)cc4)n3)cc2)n1.O=C(O)C(F)(F)F. The molecule has 4 N–H and O–H groups in total. The lowest BCUT2D eigenvalue weighted by atomic mass is 9.91. The average Bonchev–Trinajstić information content (AvgIpc) is 2.96. The fraction of sp³-hybridized carbons (Fsp3) is 0.143. The first-order chi connectivity index (χ1) is 19.9. The van der Waals surface area contributed by atoms with E-state index in [1.807, 2.05) is 37.4 Å². The van der Waals surface area contributed by atoms with Gasteiger partial charge in [-0.25, -0.2) is 19.6 Å². The van der Waals surface area contributed by atoms with Crippen molar-refractivity contribution in [2.75, 3.05) is 12.4 Å². The fourth-order valence-electron chi connectivity index (χ4n) is 3.56. The molecule has 0 saturated heterocycles. The number of benzene rings is 2. The first-order valence-electron chi connectivity index (χ1n) is 12.0. The highest BCUT2D eigenvalue weighted by molar-refractivity contribution is 5.87. The second-order valence-corrected chi connectivity index (χ2v) is 8.43. The second-order valence-electron chi connectivity index (χ2n) is 8.43. The Morgan fingerprint density at radius 1 is 0.905 bits per heavy atom. The molecule has 2 aromatic heterocycles. The normalized spacial score (nSPS) is 11.4. The number of carbonyl (C=O) groups is 3. The zero-order valence-electron chi connectivity index (χ0n) is 21.7. The van der Waals surface area contributed by atoms with Crippen LogP contribution in [0.5, 0.6) is 11.8 Å². The quantitative estimate of drug-likeness (QED) is 0.201. The van der Waals surface area contributed by atoms with Crippen LogP contribution in [0.25, 0.3) is 11.3 Å². The number of carboxylic acids is 3. The summed E-state index contributed by atoms with van der Waals surface area (Å²) in [5, 5.41) is 28.7. The molecule has 0 bridgehead atoms. The maximum atomic E-state index is 11.5. The molecule has 0 aliphatic heterocycles. The predicted molar refractivity (Wildman–Crippen MR) is 143 cm³/mol. The molecule has 218 valence electrons. The van der Waals surface area contributed by atoms with Gasteiger partial charge in [0.2, 0.25) is 0 Å². The molecule has 42 heavy (non-hydrogen) atoms. The van der Waals surface area contributed by atoms with Crippen molar-refractivity contribution >= 4 is 23.7 Å². The summed E-state index contributed by atoms with van der Waals surface area (Å²) >= 11 is 0. The van der Waals surface area contributed by atoms with Gasteiger partial charge in [-0.15, -0.1) is 0 Å². The third kappa shape index (κ3) is 8.74. The number of carboxylic acid groups (broad SMARTS) is 3. The zero-order valence-corrected chi connectivity index (χ0v) is 21.7. The van der Waals surface area contributed by atoms with Gasteiger partial charge < -0.3 is 25.4 Å². The van der Waals surface area contributed by atoms with Gasteiger partial charge in [0.05, 0.1) is 23.4 Å². The Hall–Kier alpha value is -5.53. The Labute approximate surface area is 236 Å². The monoisotopic (exact) mass is 584 g/mol. The molecule has 0 amide bonds. The minimum absolute atomic E-state index is 0.0723. The number of pyridine rings is 1. The molecule has 0 saturated carbocycles. The summed E-state index contributed by atoms with van der Waals surface area (Å²) in [4.78, 5) is 44.6. The van der Waals surface area contributed by atoms with Crippen LogP contribution in [0.2, 0.25) is 0 Å². The summed E-state index contributed by atoms with van der Waals surface area (Å²) in [6.45, 7) is 0. The van der Waals surface area contributed by atoms with Gasteiger partial charge in [0, 0.05) is 24.7 Å². The molecule has 11 nitrogen and oxygen atoms in total. The Morgan fingerprint density at radius 3 is 2.10 bits per heavy atom. The van der Waals surface area contributed by atoms with Crippen molar-refractivity contribution in [3.05, 3.63) is 95.8 Å². The van der Waals surface area contributed by atoms with Crippen LogP contribution in [-0.2, 0) is 9.59 Å². The van der Waals surface area contributed by atoms with Crippen LogP contribution in [0.1, 0.15) is 34.0 Å². The Bertz CT molecular complexity index is 1550. The molecule has 14 heteroatoms. The minimum Gasteiger partial charge on any atom is -0.481 e. The van der Waals surface area contributed by atoms with E-state index in [2.05, 4.69) is 20.3 Å². The van der Waals surface area contributed by atoms with Gasteiger partial charge in [-0.2, -0.15) is 18.2 Å². The molecular weight excluding hydrogens is 561 g/mol. The van der Waals surface area contributed by atoms with E-state index in [0.29, 0.717) is 17.0 Å². The molecule has 2 heterocycles. The number of hydrogen-bond donors (Lipinski definition) is 4. The van der Waals surface area contributed by atoms with Crippen LogP contribution in [0.4, 0.5) is 19.0 Å². The van der Waals surface area contributed by atoms with Crippen LogP contribution in [0.3, 0.4) is 0 Å². The summed E-state index contributed by atoms with van der Waals surface area (Å²) in [7, 11) is 1.81. The van der Waals surface area contributed by atoms with E-state index in [9.17, 15) is 27.9 Å². The summed E-state index contributed by atoms with van der Waals surface area (Å²) < 4.78 is 37.6. The van der Waals surface area contributed by atoms with Gasteiger partial charge in [-0.3, -0.25) is 4.79 Å². The van der Waals surface area contributed by atoms with Gasteiger partial charge in [0.25, 0.3) is 0 Å². The smallest absolute Gasteiger partial charge is 0.481 e. The number of nitrogens with zero attached hydrogens (tertiary/aromatic N) is 3. The fourth-order valence-corrected chi connectivity index (χ4v) is 3.56. The van der Waals surface area contributed by atoms with Gasteiger partial charge >= 0.3 is 30.1 Å². The number of aromatic nitrogens is 3. The van der Waals surface area contributed by atoms with E-state index in [1.54, 1.807) is 30.3 Å². The second kappa shape index (κ2) is 13.7. The number of aromatic carboxylic acids is 1. The van der Waals surface area contributed by atoms with Crippen LogP contribution in [0.15, 0.2) is 79.0 Å². The highest BCUT2D eigenvalue weighted by Crippen LogP contribution is 2.29. The van der Waals surface area contributed by atoms with Crippen molar-refractivity contribution in [3.8, 4) is 23.0 Å². The first kappa shape index (κ1) is 31.0. The standard InChI is InChI=1S/C26H22N4O5.C2HF3O2/c1-27-23-4-2-3-21(29-23)17-9-11-19(12-10-17)35-26-28-14-13-22(30-26)20(15-24(31)32)16-5-7-18(8-6-16)25(33)34;3-2(4,5)1(6)7/h2-14,20H,15H2,1H3,(H,27,29)(H,31,32)(H,33,34);(H,6,7). The zero-order chi connectivity index (χ0) is 30.9. The number of alkyl halides is 3. The van der Waals surface area contributed by atoms with Crippen molar-refractivity contribution in [1.82, 2.24) is 15.0 Å². The third-order valence-corrected chi connectivity index (χ3v) is 5.56. The lowest BCUT2D eigenvalue weighted by Crippen LogP contribution is -2.21. The Balaban J connectivity index is 0.000000616. The van der Waals surface area contributed by atoms with Crippen LogP contribution >= 0.6 is 0 Å². The highest BCUT2D eigenvalue weighted by atomic mass is 19.4. The van der Waals surface area contributed by atoms with E-state index >= 15 is 0 Å².